The van der Waals surface area contributed by atoms with E-state index < -0.39 is 0 Å². The number of halogens is 1. The molecule has 0 aromatic heterocycles. The highest BCUT2D eigenvalue weighted by Gasteiger charge is 2.07. The Hall–Kier alpha value is -2.11. The van der Waals surface area contributed by atoms with Crippen LogP contribution in [-0.2, 0) is 6.54 Å². The van der Waals surface area contributed by atoms with E-state index in [9.17, 15) is 4.79 Å². The minimum Gasteiger partial charge on any atom is -0.358 e. The summed E-state index contributed by atoms with van der Waals surface area (Å²) in [4.78, 5) is 13.4. The van der Waals surface area contributed by atoms with Crippen molar-refractivity contribution < 1.29 is 4.79 Å². The molecule has 0 aliphatic heterocycles. The van der Waals surface area contributed by atoms with Crippen molar-refractivity contribution >= 4 is 40.5 Å². The number of anilines is 1. The van der Waals surface area contributed by atoms with Gasteiger partial charge in [-0.3, -0.25) is 4.79 Å². The molecule has 2 aromatic carbocycles. The lowest BCUT2D eigenvalue weighted by atomic mass is 10.2. The van der Waals surface area contributed by atoms with Gasteiger partial charge in [-0.1, -0.05) is 23.7 Å². The molecule has 6 heteroatoms. The molecule has 0 heterocycles. The van der Waals surface area contributed by atoms with Gasteiger partial charge in [0.2, 0.25) is 0 Å². The second-order valence-corrected chi connectivity index (χ2v) is 6.06. The lowest BCUT2D eigenvalue weighted by molar-refractivity contribution is 0.0827. The summed E-state index contributed by atoms with van der Waals surface area (Å²) in [5, 5.41) is 7.44. The zero-order chi connectivity index (χ0) is 16.8. The van der Waals surface area contributed by atoms with Gasteiger partial charge in [0.25, 0.3) is 5.91 Å². The zero-order valence-corrected chi connectivity index (χ0v) is 14.5. The van der Waals surface area contributed by atoms with Crippen molar-refractivity contribution in [1.29, 1.82) is 0 Å². The average molecular weight is 348 g/mol. The van der Waals surface area contributed by atoms with Crippen molar-refractivity contribution in [3.05, 3.63) is 64.7 Å². The molecular weight excluding hydrogens is 330 g/mol. The first kappa shape index (κ1) is 17.2. The molecule has 120 valence electrons. The van der Waals surface area contributed by atoms with E-state index in [1.807, 2.05) is 36.4 Å². The number of thiocarbonyl (C=S) groups is 1. The molecule has 2 N–H and O–H groups in total. The second kappa shape index (κ2) is 7.94. The van der Waals surface area contributed by atoms with E-state index >= 15 is 0 Å². The van der Waals surface area contributed by atoms with Gasteiger partial charge in [0.05, 0.1) is 0 Å². The SMILES string of the molecule is CN(C)C(=O)c1ccc(NC(=S)NCc2ccc(Cl)cc2)cc1. The second-order valence-electron chi connectivity index (χ2n) is 5.21. The average Bonchev–Trinajstić information content (AvgIpc) is 2.54. The molecule has 0 spiro atoms. The molecule has 0 radical (unpaired) electrons. The molecule has 0 saturated carbocycles. The van der Waals surface area contributed by atoms with Crippen LogP contribution in [0.25, 0.3) is 0 Å². The summed E-state index contributed by atoms with van der Waals surface area (Å²) in [6.45, 7) is 0.611. The molecule has 1 amide bonds. The summed E-state index contributed by atoms with van der Waals surface area (Å²) >= 11 is 11.1. The summed E-state index contributed by atoms with van der Waals surface area (Å²) in [5.74, 6) is -0.0278. The number of benzene rings is 2. The highest BCUT2D eigenvalue weighted by atomic mass is 35.5. The van der Waals surface area contributed by atoms with E-state index in [4.69, 9.17) is 23.8 Å². The zero-order valence-electron chi connectivity index (χ0n) is 13.0. The first-order chi connectivity index (χ1) is 11.0. The highest BCUT2D eigenvalue weighted by molar-refractivity contribution is 7.80. The third-order valence-electron chi connectivity index (χ3n) is 3.16. The lowest BCUT2D eigenvalue weighted by Crippen LogP contribution is -2.28. The van der Waals surface area contributed by atoms with Crippen molar-refractivity contribution in [1.82, 2.24) is 10.2 Å². The minimum absolute atomic E-state index is 0.0278. The normalized spacial score (nSPS) is 10.0. The number of carbonyl (C=O) groups excluding carboxylic acids is 1. The van der Waals surface area contributed by atoms with Gasteiger partial charge in [0.15, 0.2) is 5.11 Å². The largest absolute Gasteiger partial charge is 0.358 e. The standard InChI is InChI=1S/C17H18ClN3OS/c1-21(2)16(22)13-5-9-15(10-6-13)20-17(23)19-11-12-3-7-14(18)8-4-12/h3-10H,11H2,1-2H3,(H2,19,20,23). The Morgan fingerprint density at radius 1 is 1.09 bits per heavy atom. The van der Waals surface area contributed by atoms with Crippen LogP contribution in [0.4, 0.5) is 5.69 Å². The number of hydrogen-bond acceptors (Lipinski definition) is 2. The van der Waals surface area contributed by atoms with Gasteiger partial charge in [-0.15, -0.1) is 0 Å². The number of amides is 1. The van der Waals surface area contributed by atoms with E-state index in [0.29, 0.717) is 22.2 Å². The maximum atomic E-state index is 11.8. The van der Waals surface area contributed by atoms with Crippen LogP contribution in [0.1, 0.15) is 15.9 Å². The van der Waals surface area contributed by atoms with Gasteiger partial charge in [-0.05, 0) is 54.2 Å². The maximum absolute atomic E-state index is 11.8. The van der Waals surface area contributed by atoms with E-state index in [1.165, 1.54) is 0 Å². The summed E-state index contributed by atoms with van der Waals surface area (Å²) in [6, 6.07) is 14.8. The van der Waals surface area contributed by atoms with Crippen molar-refractivity contribution in [3.8, 4) is 0 Å². The third-order valence-corrected chi connectivity index (χ3v) is 3.66. The van der Waals surface area contributed by atoms with Crippen LogP contribution in [0, 0.1) is 0 Å². The highest BCUT2D eigenvalue weighted by Crippen LogP contribution is 2.11. The fourth-order valence-electron chi connectivity index (χ4n) is 1.91. The summed E-state index contributed by atoms with van der Waals surface area (Å²) in [5.41, 5.74) is 2.56. The summed E-state index contributed by atoms with van der Waals surface area (Å²) < 4.78 is 0. The molecule has 0 unspecified atom stereocenters. The van der Waals surface area contributed by atoms with Crippen molar-refractivity contribution in [2.24, 2.45) is 0 Å². The van der Waals surface area contributed by atoms with Crippen LogP contribution in [0.2, 0.25) is 5.02 Å². The number of rotatable bonds is 4. The molecule has 0 bridgehead atoms. The van der Waals surface area contributed by atoms with Gasteiger partial charge >= 0.3 is 0 Å². The molecule has 4 nitrogen and oxygen atoms in total. The topological polar surface area (TPSA) is 44.4 Å². The van der Waals surface area contributed by atoms with Crippen LogP contribution in [0.15, 0.2) is 48.5 Å². The Morgan fingerprint density at radius 3 is 2.26 bits per heavy atom. The van der Waals surface area contributed by atoms with Crippen LogP contribution in [0.3, 0.4) is 0 Å². The van der Waals surface area contributed by atoms with Crippen molar-refractivity contribution in [2.45, 2.75) is 6.54 Å². The molecule has 2 rings (SSSR count). The Kier molecular flexibility index (Phi) is 5.96. The molecule has 2 aromatic rings. The van der Waals surface area contributed by atoms with Crippen LogP contribution < -0.4 is 10.6 Å². The van der Waals surface area contributed by atoms with E-state index in [2.05, 4.69) is 10.6 Å². The Morgan fingerprint density at radius 2 is 1.70 bits per heavy atom. The number of carbonyl (C=O) groups is 1. The summed E-state index contributed by atoms with van der Waals surface area (Å²) in [7, 11) is 3.45. The lowest BCUT2D eigenvalue weighted by Gasteiger charge is -2.12. The van der Waals surface area contributed by atoms with Gasteiger partial charge in [0.1, 0.15) is 0 Å². The van der Waals surface area contributed by atoms with Crippen LogP contribution in [0.5, 0.6) is 0 Å². The van der Waals surface area contributed by atoms with Gasteiger partial charge in [-0.2, -0.15) is 0 Å². The van der Waals surface area contributed by atoms with Crippen LogP contribution in [-0.4, -0.2) is 30.0 Å². The monoisotopic (exact) mass is 347 g/mol. The van der Waals surface area contributed by atoms with Crippen molar-refractivity contribution in [3.63, 3.8) is 0 Å². The molecule has 0 atom stereocenters. The van der Waals surface area contributed by atoms with Crippen molar-refractivity contribution in [2.75, 3.05) is 19.4 Å². The third kappa shape index (κ3) is 5.23. The Balaban J connectivity index is 1.87. The number of nitrogens with zero attached hydrogens (tertiary/aromatic N) is 1. The number of nitrogens with one attached hydrogen (secondary N) is 2. The predicted molar refractivity (Wildman–Crippen MR) is 99.0 cm³/mol. The molecule has 0 aliphatic carbocycles. The minimum atomic E-state index is -0.0278. The fourth-order valence-corrected chi connectivity index (χ4v) is 2.23. The molecule has 0 fully saturated rings. The number of hydrogen-bond donors (Lipinski definition) is 2. The Labute approximate surface area is 146 Å². The fraction of sp³-hybridized carbons (Fsp3) is 0.176. The quantitative estimate of drug-likeness (QED) is 0.830. The van der Waals surface area contributed by atoms with Crippen LogP contribution >= 0.6 is 23.8 Å². The van der Waals surface area contributed by atoms with Gasteiger partial charge in [-0.25, -0.2) is 0 Å². The molecule has 23 heavy (non-hydrogen) atoms. The summed E-state index contributed by atoms with van der Waals surface area (Å²) in [6.07, 6.45) is 0. The first-order valence-electron chi connectivity index (χ1n) is 7.07. The first-order valence-corrected chi connectivity index (χ1v) is 7.85. The van der Waals surface area contributed by atoms with E-state index in [0.717, 1.165) is 11.3 Å². The smallest absolute Gasteiger partial charge is 0.253 e. The molecule has 0 saturated heterocycles. The maximum Gasteiger partial charge on any atom is 0.253 e. The predicted octanol–water partition coefficient (Wildman–Crippen LogP) is 3.53. The van der Waals surface area contributed by atoms with E-state index in [-0.39, 0.29) is 5.91 Å². The Bertz CT molecular complexity index is 684. The molecular formula is C17H18ClN3OS. The van der Waals surface area contributed by atoms with Gasteiger partial charge < -0.3 is 15.5 Å². The molecule has 0 aliphatic rings. The van der Waals surface area contributed by atoms with Gasteiger partial charge in [0, 0.05) is 36.9 Å². The van der Waals surface area contributed by atoms with E-state index in [1.54, 1.807) is 31.1 Å².